The van der Waals surface area contributed by atoms with Gasteiger partial charge >= 0.3 is 0 Å². The molecule has 2 nitrogen and oxygen atoms in total. The van der Waals surface area contributed by atoms with E-state index in [1.54, 1.807) is 0 Å². The van der Waals surface area contributed by atoms with Gasteiger partial charge in [-0.1, -0.05) is 0 Å². The first-order valence-corrected chi connectivity index (χ1v) is 3.33. The fraction of sp³-hybridized carbons (Fsp3) is 0.714. The molecule has 2 atom stereocenters. The molecule has 0 saturated carbocycles. The van der Waals surface area contributed by atoms with E-state index in [1.807, 2.05) is 6.92 Å². The molecule has 1 N–H and O–H groups in total. The van der Waals surface area contributed by atoms with Crippen LogP contribution in [0.2, 0.25) is 0 Å². The predicted octanol–water partition coefficient (Wildman–Crippen LogP) is 1.38. The van der Waals surface area contributed by atoms with E-state index in [0.717, 1.165) is 18.4 Å². The molecule has 2 heteroatoms. The number of ether oxygens (including phenoxy) is 1. The Kier molecular flexibility index (Phi) is 0.887. The molecule has 0 aromatic heterocycles. The number of rotatable bonds is 0. The Morgan fingerprint density at radius 2 is 2.44 bits per heavy atom. The molecule has 2 unspecified atom stereocenters. The lowest BCUT2D eigenvalue weighted by Crippen LogP contribution is -2.06. The van der Waals surface area contributed by atoms with Crippen molar-refractivity contribution in [1.29, 1.82) is 0 Å². The molecule has 2 rings (SSSR count). The lowest BCUT2D eigenvalue weighted by atomic mass is 9.99. The van der Waals surface area contributed by atoms with Crippen LogP contribution in [0.5, 0.6) is 0 Å². The minimum absolute atomic E-state index is 0.277. The molecule has 9 heavy (non-hydrogen) atoms. The second-order valence-electron chi connectivity index (χ2n) is 2.76. The zero-order valence-corrected chi connectivity index (χ0v) is 5.42. The van der Waals surface area contributed by atoms with Crippen LogP contribution in [-0.4, -0.2) is 17.3 Å². The summed E-state index contributed by atoms with van der Waals surface area (Å²) in [5.41, 5.74) is 1.05. The molecule has 0 radical (unpaired) electrons. The second-order valence-corrected chi connectivity index (χ2v) is 2.76. The van der Waals surface area contributed by atoms with Crippen LogP contribution in [-0.2, 0) is 4.74 Å². The van der Waals surface area contributed by atoms with Crippen LogP contribution in [0.15, 0.2) is 11.3 Å². The van der Waals surface area contributed by atoms with Crippen LogP contribution < -0.4 is 0 Å². The van der Waals surface area contributed by atoms with E-state index in [9.17, 15) is 5.11 Å². The molecule has 1 aliphatic heterocycles. The topological polar surface area (TPSA) is 32.8 Å². The summed E-state index contributed by atoms with van der Waals surface area (Å²) in [7, 11) is 0. The van der Waals surface area contributed by atoms with Crippen LogP contribution in [0.4, 0.5) is 0 Å². The SMILES string of the molecule is CC1=C(O)CCC2OC12. The smallest absolute Gasteiger partial charge is 0.108 e. The van der Waals surface area contributed by atoms with Gasteiger partial charge in [0.25, 0.3) is 0 Å². The fourth-order valence-corrected chi connectivity index (χ4v) is 1.38. The monoisotopic (exact) mass is 126 g/mol. The van der Waals surface area contributed by atoms with Crippen LogP contribution >= 0.6 is 0 Å². The summed E-state index contributed by atoms with van der Waals surface area (Å²) in [5.74, 6) is 0.550. The molecular formula is C7H10O2. The van der Waals surface area contributed by atoms with Crippen molar-refractivity contribution in [3.05, 3.63) is 11.3 Å². The Morgan fingerprint density at radius 1 is 1.67 bits per heavy atom. The number of hydrogen-bond acceptors (Lipinski definition) is 2. The van der Waals surface area contributed by atoms with E-state index in [-0.39, 0.29) is 6.10 Å². The van der Waals surface area contributed by atoms with Gasteiger partial charge in [-0.05, 0) is 18.9 Å². The maximum atomic E-state index is 9.17. The largest absolute Gasteiger partial charge is 0.512 e. The second kappa shape index (κ2) is 1.51. The Morgan fingerprint density at radius 3 is 3.11 bits per heavy atom. The fourth-order valence-electron chi connectivity index (χ4n) is 1.38. The van der Waals surface area contributed by atoms with Gasteiger partial charge in [-0.25, -0.2) is 0 Å². The third kappa shape index (κ3) is 0.663. The van der Waals surface area contributed by atoms with Crippen molar-refractivity contribution in [2.24, 2.45) is 0 Å². The van der Waals surface area contributed by atoms with Crippen LogP contribution in [0.3, 0.4) is 0 Å². The van der Waals surface area contributed by atoms with E-state index in [0.29, 0.717) is 11.9 Å². The molecule has 2 aliphatic rings. The van der Waals surface area contributed by atoms with Crippen LogP contribution in [0.25, 0.3) is 0 Å². The van der Waals surface area contributed by atoms with Gasteiger partial charge in [0.15, 0.2) is 0 Å². The Bertz CT molecular complexity index is 172. The molecular weight excluding hydrogens is 116 g/mol. The van der Waals surface area contributed by atoms with Gasteiger partial charge in [0.05, 0.1) is 11.9 Å². The average molecular weight is 126 g/mol. The van der Waals surface area contributed by atoms with E-state index in [1.165, 1.54) is 0 Å². The number of aliphatic hydroxyl groups is 1. The first-order valence-electron chi connectivity index (χ1n) is 3.33. The van der Waals surface area contributed by atoms with E-state index in [2.05, 4.69) is 0 Å². The molecule has 1 fully saturated rings. The Hall–Kier alpha value is -0.500. The van der Waals surface area contributed by atoms with Crippen molar-refractivity contribution >= 4 is 0 Å². The maximum Gasteiger partial charge on any atom is 0.108 e. The van der Waals surface area contributed by atoms with Crippen molar-refractivity contribution in [1.82, 2.24) is 0 Å². The Labute approximate surface area is 54.1 Å². The normalized spacial score (nSPS) is 40.6. The number of allylic oxidation sites excluding steroid dienone is 1. The molecule has 0 spiro atoms. The third-order valence-corrected chi connectivity index (χ3v) is 2.13. The highest BCUT2D eigenvalue weighted by atomic mass is 16.6. The zero-order chi connectivity index (χ0) is 6.43. The van der Waals surface area contributed by atoms with Crippen LogP contribution in [0.1, 0.15) is 19.8 Å². The average Bonchev–Trinajstić information content (AvgIpc) is 2.58. The summed E-state index contributed by atoms with van der Waals surface area (Å²) in [6.07, 6.45) is 2.54. The van der Waals surface area contributed by atoms with E-state index >= 15 is 0 Å². The summed E-state index contributed by atoms with van der Waals surface area (Å²) < 4.78 is 5.24. The molecule has 0 bridgehead atoms. The van der Waals surface area contributed by atoms with E-state index in [4.69, 9.17) is 4.74 Å². The molecule has 1 heterocycles. The minimum Gasteiger partial charge on any atom is -0.512 e. The lowest BCUT2D eigenvalue weighted by molar-refractivity contribution is 0.362. The summed E-state index contributed by atoms with van der Waals surface area (Å²) in [5, 5.41) is 9.17. The van der Waals surface area contributed by atoms with Crippen molar-refractivity contribution in [3.63, 3.8) is 0 Å². The van der Waals surface area contributed by atoms with Crippen LogP contribution in [0, 0.1) is 0 Å². The number of hydrogen-bond donors (Lipinski definition) is 1. The number of fused-ring (bicyclic) bond motifs is 1. The minimum atomic E-state index is 0.277. The van der Waals surface area contributed by atoms with Crippen molar-refractivity contribution < 1.29 is 9.84 Å². The first-order chi connectivity index (χ1) is 4.29. The van der Waals surface area contributed by atoms with Gasteiger partial charge in [0.1, 0.15) is 6.10 Å². The molecule has 0 amide bonds. The third-order valence-electron chi connectivity index (χ3n) is 2.13. The van der Waals surface area contributed by atoms with Gasteiger partial charge < -0.3 is 9.84 Å². The maximum absolute atomic E-state index is 9.17. The summed E-state index contributed by atoms with van der Waals surface area (Å²) >= 11 is 0. The predicted molar refractivity (Wildman–Crippen MR) is 33.2 cm³/mol. The molecule has 0 aromatic carbocycles. The van der Waals surface area contributed by atoms with Gasteiger partial charge in [-0.2, -0.15) is 0 Å². The van der Waals surface area contributed by atoms with Gasteiger partial charge in [-0.3, -0.25) is 0 Å². The van der Waals surface area contributed by atoms with Crippen molar-refractivity contribution in [2.75, 3.05) is 0 Å². The summed E-state index contributed by atoms with van der Waals surface area (Å²) in [6, 6.07) is 0. The van der Waals surface area contributed by atoms with Gasteiger partial charge in [-0.15, -0.1) is 0 Å². The van der Waals surface area contributed by atoms with E-state index < -0.39 is 0 Å². The quantitative estimate of drug-likeness (QED) is 0.497. The number of epoxide rings is 1. The summed E-state index contributed by atoms with van der Waals surface area (Å²) in [4.78, 5) is 0. The Balaban J connectivity index is 2.25. The van der Waals surface area contributed by atoms with Crippen molar-refractivity contribution in [3.8, 4) is 0 Å². The molecule has 0 aromatic rings. The standard InChI is InChI=1S/C7H10O2/c1-4-5(8)2-3-6-7(4)9-6/h6-8H,2-3H2,1H3. The first kappa shape index (κ1) is 5.30. The highest BCUT2D eigenvalue weighted by Crippen LogP contribution is 2.38. The van der Waals surface area contributed by atoms with Gasteiger partial charge in [0, 0.05) is 6.42 Å². The molecule has 1 saturated heterocycles. The molecule has 1 aliphatic carbocycles. The zero-order valence-electron chi connectivity index (χ0n) is 5.42. The highest BCUT2D eigenvalue weighted by molar-refractivity contribution is 5.21. The summed E-state index contributed by atoms with van der Waals surface area (Å²) in [6.45, 7) is 1.94. The van der Waals surface area contributed by atoms with Gasteiger partial charge in [0.2, 0.25) is 0 Å². The molecule has 50 valence electrons. The van der Waals surface area contributed by atoms with Crippen molar-refractivity contribution in [2.45, 2.75) is 32.0 Å². The number of aliphatic hydroxyl groups excluding tert-OH is 1. The lowest BCUT2D eigenvalue weighted by Gasteiger charge is -2.06. The highest BCUT2D eigenvalue weighted by Gasteiger charge is 2.43.